The van der Waals surface area contributed by atoms with Gasteiger partial charge in [0.1, 0.15) is 5.76 Å². The molecule has 0 bridgehead atoms. The number of hydrogen-bond donors (Lipinski definition) is 1. The fourth-order valence-electron chi connectivity index (χ4n) is 2.79. The van der Waals surface area contributed by atoms with Crippen LogP contribution in [-0.2, 0) is 6.54 Å². The number of rotatable bonds is 9. The van der Waals surface area contributed by atoms with Crippen molar-refractivity contribution in [2.45, 2.75) is 33.7 Å². The molecule has 0 saturated carbocycles. The third-order valence-corrected chi connectivity index (χ3v) is 5.20. The molecule has 0 aliphatic carbocycles. The molecule has 0 unspecified atom stereocenters. The van der Waals surface area contributed by atoms with E-state index in [1.165, 1.54) is 0 Å². The zero-order valence-corrected chi connectivity index (χ0v) is 17.4. The molecule has 1 aromatic heterocycles. The molecule has 0 atom stereocenters. The normalized spacial score (nSPS) is 11.0. The van der Waals surface area contributed by atoms with Gasteiger partial charge < -0.3 is 19.5 Å². The van der Waals surface area contributed by atoms with Crippen LogP contribution in [0.5, 0.6) is 0 Å². The minimum Gasteiger partial charge on any atom is -0.467 e. The van der Waals surface area contributed by atoms with Gasteiger partial charge in [-0.05, 0) is 81.1 Å². The number of nitrogens with zero attached hydrogens (tertiary/aromatic N) is 2. The quantitative estimate of drug-likeness (QED) is 0.594. The van der Waals surface area contributed by atoms with Crippen LogP contribution in [0.25, 0.3) is 0 Å². The Kier molecular flexibility index (Phi) is 8.42. The first-order valence-corrected chi connectivity index (χ1v) is 9.89. The highest BCUT2D eigenvalue weighted by Gasteiger charge is 2.13. The molecule has 0 aliphatic rings. The van der Waals surface area contributed by atoms with Gasteiger partial charge >= 0.3 is 0 Å². The summed E-state index contributed by atoms with van der Waals surface area (Å²) in [4.78, 5) is 4.58. The summed E-state index contributed by atoms with van der Waals surface area (Å²) in [6.45, 7) is 11.1. The summed E-state index contributed by atoms with van der Waals surface area (Å²) in [7, 11) is 0. The highest BCUT2D eigenvalue weighted by molar-refractivity contribution is 7.80. The molecule has 0 aliphatic heterocycles. The van der Waals surface area contributed by atoms with E-state index in [-0.39, 0.29) is 0 Å². The predicted molar refractivity (Wildman–Crippen MR) is 114 cm³/mol. The van der Waals surface area contributed by atoms with Crippen molar-refractivity contribution < 1.29 is 4.42 Å². The summed E-state index contributed by atoms with van der Waals surface area (Å²) in [5.74, 6) is 0.907. The van der Waals surface area contributed by atoms with E-state index in [1.54, 1.807) is 6.26 Å². The first-order valence-electron chi connectivity index (χ1n) is 9.10. The Balaban J connectivity index is 2.01. The molecule has 0 amide bonds. The highest BCUT2D eigenvalue weighted by Crippen LogP contribution is 2.20. The van der Waals surface area contributed by atoms with Crippen molar-refractivity contribution in [2.75, 3.05) is 31.5 Å². The van der Waals surface area contributed by atoms with Crippen LogP contribution in [0.2, 0.25) is 5.02 Å². The van der Waals surface area contributed by atoms with Gasteiger partial charge in [-0.2, -0.15) is 0 Å². The number of nitrogens with one attached hydrogen (secondary N) is 1. The Labute approximate surface area is 167 Å². The number of benzene rings is 1. The van der Waals surface area contributed by atoms with Gasteiger partial charge in [-0.15, -0.1) is 0 Å². The largest absolute Gasteiger partial charge is 0.467 e. The smallest absolute Gasteiger partial charge is 0.173 e. The average molecular weight is 394 g/mol. The molecule has 0 saturated heterocycles. The second-order valence-corrected chi connectivity index (χ2v) is 7.07. The Morgan fingerprint density at radius 2 is 1.96 bits per heavy atom. The molecule has 2 aromatic rings. The monoisotopic (exact) mass is 393 g/mol. The molecule has 0 radical (unpaired) electrons. The Hall–Kier alpha value is -1.56. The zero-order chi connectivity index (χ0) is 18.9. The van der Waals surface area contributed by atoms with E-state index in [0.29, 0.717) is 11.7 Å². The van der Waals surface area contributed by atoms with Crippen LogP contribution in [0.4, 0.5) is 5.69 Å². The Bertz CT molecular complexity index is 686. The first kappa shape index (κ1) is 20.7. The lowest BCUT2D eigenvalue weighted by Gasteiger charge is -2.27. The van der Waals surface area contributed by atoms with Gasteiger partial charge in [-0.1, -0.05) is 25.4 Å². The second kappa shape index (κ2) is 10.6. The van der Waals surface area contributed by atoms with E-state index in [4.69, 9.17) is 28.2 Å². The van der Waals surface area contributed by atoms with E-state index in [1.807, 2.05) is 37.3 Å². The van der Waals surface area contributed by atoms with E-state index >= 15 is 0 Å². The molecule has 6 heteroatoms. The van der Waals surface area contributed by atoms with E-state index in [0.717, 1.165) is 54.6 Å². The highest BCUT2D eigenvalue weighted by atomic mass is 35.5. The van der Waals surface area contributed by atoms with Crippen LogP contribution >= 0.6 is 23.8 Å². The summed E-state index contributed by atoms with van der Waals surface area (Å²) in [5.41, 5.74) is 1.98. The van der Waals surface area contributed by atoms with Crippen molar-refractivity contribution in [3.8, 4) is 0 Å². The van der Waals surface area contributed by atoms with Crippen molar-refractivity contribution >= 4 is 34.6 Å². The lowest BCUT2D eigenvalue weighted by molar-refractivity contribution is 0.276. The number of thiocarbonyl (C=S) groups is 1. The maximum Gasteiger partial charge on any atom is 0.173 e. The van der Waals surface area contributed by atoms with Crippen LogP contribution in [0.15, 0.2) is 41.0 Å². The van der Waals surface area contributed by atoms with Crippen molar-refractivity contribution in [3.05, 3.63) is 52.9 Å². The van der Waals surface area contributed by atoms with E-state index in [9.17, 15) is 0 Å². The molecule has 1 N–H and O–H groups in total. The van der Waals surface area contributed by atoms with Gasteiger partial charge in [0.25, 0.3) is 0 Å². The van der Waals surface area contributed by atoms with Gasteiger partial charge in [0.05, 0.1) is 12.8 Å². The Morgan fingerprint density at radius 3 is 2.58 bits per heavy atom. The van der Waals surface area contributed by atoms with Crippen molar-refractivity contribution in [1.29, 1.82) is 0 Å². The zero-order valence-electron chi connectivity index (χ0n) is 15.8. The number of halogens is 1. The van der Waals surface area contributed by atoms with Crippen molar-refractivity contribution in [2.24, 2.45) is 0 Å². The molecule has 1 heterocycles. The molecular formula is C20H28ClN3OS. The fourth-order valence-corrected chi connectivity index (χ4v) is 3.18. The summed E-state index contributed by atoms with van der Waals surface area (Å²) in [6, 6.07) is 9.73. The van der Waals surface area contributed by atoms with E-state index < -0.39 is 0 Å². The molecule has 26 heavy (non-hydrogen) atoms. The maximum absolute atomic E-state index is 6.11. The number of anilines is 1. The molecule has 1 aromatic carbocycles. The SMILES string of the molecule is CCN(CC)CCCN(Cc1ccco1)C(=S)Nc1ccc(Cl)c(C)c1. The minimum absolute atomic E-state index is 0.656. The average Bonchev–Trinajstić information content (AvgIpc) is 3.14. The maximum atomic E-state index is 6.11. The van der Waals surface area contributed by atoms with Crippen LogP contribution in [0, 0.1) is 6.92 Å². The van der Waals surface area contributed by atoms with Crippen molar-refractivity contribution in [3.63, 3.8) is 0 Å². The molecule has 0 fully saturated rings. The molecule has 0 spiro atoms. The fraction of sp³-hybridized carbons (Fsp3) is 0.450. The van der Waals surface area contributed by atoms with Gasteiger partial charge in [0.2, 0.25) is 0 Å². The van der Waals surface area contributed by atoms with Gasteiger partial charge in [-0.3, -0.25) is 0 Å². The van der Waals surface area contributed by atoms with Crippen LogP contribution in [0.1, 0.15) is 31.6 Å². The number of furan rings is 1. The Morgan fingerprint density at radius 1 is 1.19 bits per heavy atom. The van der Waals surface area contributed by atoms with Gasteiger partial charge in [-0.25, -0.2) is 0 Å². The van der Waals surface area contributed by atoms with Gasteiger partial charge in [0.15, 0.2) is 5.11 Å². The topological polar surface area (TPSA) is 31.6 Å². The summed E-state index contributed by atoms with van der Waals surface area (Å²) in [5, 5.41) is 4.79. The first-order chi connectivity index (χ1) is 12.5. The minimum atomic E-state index is 0.656. The third-order valence-electron chi connectivity index (χ3n) is 4.42. The molecule has 2 rings (SSSR count). The van der Waals surface area contributed by atoms with E-state index in [2.05, 4.69) is 29.0 Å². The molecule has 142 valence electrons. The van der Waals surface area contributed by atoms with Crippen molar-refractivity contribution in [1.82, 2.24) is 9.80 Å². The molecule has 4 nitrogen and oxygen atoms in total. The number of hydrogen-bond acceptors (Lipinski definition) is 3. The van der Waals surface area contributed by atoms with Crippen LogP contribution in [0.3, 0.4) is 0 Å². The summed E-state index contributed by atoms with van der Waals surface area (Å²) in [6.07, 6.45) is 2.74. The lowest BCUT2D eigenvalue weighted by atomic mass is 10.2. The van der Waals surface area contributed by atoms with Crippen LogP contribution in [-0.4, -0.2) is 41.1 Å². The van der Waals surface area contributed by atoms with Crippen LogP contribution < -0.4 is 5.32 Å². The number of aryl methyl sites for hydroxylation is 1. The second-order valence-electron chi connectivity index (χ2n) is 6.28. The molecular weight excluding hydrogens is 366 g/mol. The standard InChI is InChI=1S/C20H28ClN3OS/c1-4-23(5-2)11-7-12-24(15-18-8-6-13-25-18)20(26)22-17-9-10-19(21)16(3)14-17/h6,8-10,13-14H,4-5,7,11-12,15H2,1-3H3,(H,22,26). The predicted octanol–water partition coefficient (Wildman–Crippen LogP) is 5.17. The van der Waals surface area contributed by atoms with Gasteiger partial charge in [0, 0.05) is 17.3 Å². The third kappa shape index (κ3) is 6.31. The summed E-state index contributed by atoms with van der Waals surface area (Å²) >= 11 is 11.8. The lowest BCUT2D eigenvalue weighted by Crippen LogP contribution is -2.36. The summed E-state index contributed by atoms with van der Waals surface area (Å²) < 4.78 is 5.51.